The van der Waals surface area contributed by atoms with Gasteiger partial charge in [0.25, 0.3) is 5.91 Å². The smallest absolute Gasteiger partial charge is 0.338 e. The third-order valence-electron chi connectivity index (χ3n) is 4.30. The van der Waals surface area contributed by atoms with Crippen LogP contribution in [0.5, 0.6) is 17.2 Å². The fraction of sp³-hybridized carbons (Fsp3) is 0.167. The van der Waals surface area contributed by atoms with Crippen molar-refractivity contribution in [2.45, 2.75) is 0 Å². The van der Waals surface area contributed by atoms with Crippen molar-refractivity contribution < 1.29 is 37.3 Å². The van der Waals surface area contributed by atoms with Crippen LogP contribution in [0.1, 0.15) is 10.4 Å². The lowest BCUT2D eigenvalue weighted by Crippen LogP contribution is -2.20. The summed E-state index contributed by atoms with van der Waals surface area (Å²) >= 11 is 0. The van der Waals surface area contributed by atoms with E-state index in [1.807, 2.05) is 0 Å². The largest absolute Gasteiger partial charge is 0.493 e. The Hall–Kier alpha value is -4.14. The van der Waals surface area contributed by atoms with E-state index in [1.165, 1.54) is 61.7 Å². The first-order chi connectivity index (χ1) is 16.0. The first kappa shape index (κ1) is 23.5. The first-order valence-corrected chi connectivity index (χ1v) is 9.87. The molecular weight excluding hydrogens is 436 g/mol. The summed E-state index contributed by atoms with van der Waals surface area (Å²) in [6.45, 7) is -0.434. The molecule has 0 unspecified atom stereocenters. The molecule has 0 spiro atoms. The number of carbonyl (C=O) groups is 2. The average molecular weight is 457 g/mol. The minimum Gasteiger partial charge on any atom is -0.493 e. The molecule has 0 saturated heterocycles. The standard InChI is InChI=1S/C24H21F2NO6/c1-30-22-14-16(24(29)32-13-12-31-20-5-3-2-4-19(20)26)6-11-21(22)33-15-23(28)27-18-9-7-17(25)8-10-18/h2-11,14H,12-13,15H2,1H3,(H,27,28). The molecule has 1 amide bonds. The number of hydrogen-bond donors (Lipinski definition) is 1. The molecule has 0 atom stereocenters. The normalized spacial score (nSPS) is 10.3. The molecule has 3 aromatic carbocycles. The minimum absolute atomic E-state index is 0.0197. The predicted octanol–water partition coefficient (Wildman–Crippen LogP) is 4.23. The topological polar surface area (TPSA) is 83.1 Å². The van der Waals surface area contributed by atoms with Gasteiger partial charge < -0.3 is 24.3 Å². The maximum Gasteiger partial charge on any atom is 0.338 e. The van der Waals surface area contributed by atoms with E-state index in [0.717, 1.165) is 0 Å². The van der Waals surface area contributed by atoms with E-state index in [0.29, 0.717) is 5.69 Å². The Morgan fingerprint density at radius 2 is 1.61 bits per heavy atom. The van der Waals surface area contributed by atoms with E-state index >= 15 is 0 Å². The summed E-state index contributed by atoms with van der Waals surface area (Å²) < 4.78 is 47.5. The Balaban J connectivity index is 1.49. The number of benzene rings is 3. The Morgan fingerprint density at radius 3 is 2.33 bits per heavy atom. The molecule has 3 rings (SSSR count). The molecule has 33 heavy (non-hydrogen) atoms. The number of methoxy groups -OCH3 is 1. The Kier molecular flexibility index (Phi) is 8.18. The van der Waals surface area contributed by atoms with Crippen LogP contribution in [0.3, 0.4) is 0 Å². The molecule has 0 radical (unpaired) electrons. The van der Waals surface area contributed by atoms with Crippen molar-refractivity contribution in [3.8, 4) is 17.2 Å². The van der Waals surface area contributed by atoms with Crippen LogP contribution in [0, 0.1) is 11.6 Å². The quantitative estimate of drug-likeness (QED) is 0.363. The van der Waals surface area contributed by atoms with Gasteiger partial charge in [-0.15, -0.1) is 0 Å². The summed E-state index contributed by atoms with van der Waals surface area (Å²) in [5, 5.41) is 2.57. The average Bonchev–Trinajstić information content (AvgIpc) is 2.82. The van der Waals surface area contributed by atoms with Gasteiger partial charge in [0.2, 0.25) is 0 Å². The maximum absolute atomic E-state index is 13.5. The molecule has 7 nitrogen and oxygen atoms in total. The number of amides is 1. The summed E-state index contributed by atoms with van der Waals surface area (Å²) in [7, 11) is 1.39. The van der Waals surface area contributed by atoms with Crippen LogP contribution in [0.4, 0.5) is 14.5 Å². The highest BCUT2D eigenvalue weighted by molar-refractivity contribution is 5.92. The number of anilines is 1. The highest BCUT2D eigenvalue weighted by atomic mass is 19.1. The fourth-order valence-electron chi connectivity index (χ4n) is 2.72. The van der Waals surface area contributed by atoms with Crippen LogP contribution in [0.15, 0.2) is 66.7 Å². The van der Waals surface area contributed by atoms with Crippen LogP contribution >= 0.6 is 0 Å². The summed E-state index contributed by atoms with van der Waals surface area (Å²) in [5.74, 6) is -1.47. The number of para-hydroxylation sites is 1. The van der Waals surface area contributed by atoms with E-state index < -0.39 is 23.5 Å². The van der Waals surface area contributed by atoms with Gasteiger partial charge in [0.05, 0.1) is 12.7 Å². The Morgan fingerprint density at radius 1 is 0.848 bits per heavy atom. The molecule has 0 aliphatic carbocycles. The van der Waals surface area contributed by atoms with Crippen LogP contribution in [-0.2, 0) is 9.53 Å². The van der Waals surface area contributed by atoms with Crippen LogP contribution < -0.4 is 19.5 Å². The number of halogens is 2. The van der Waals surface area contributed by atoms with Gasteiger partial charge >= 0.3 is 5.97 Å². The monoisotopic (exact) mass is 457 g/mol. The number of nitrogens with one attached hydrogen (secondary N) is 1. The van der Waals surface area contributed by atoms with E-state index in [4.69, 9.17) is 18.9 Å². The molecule has 0 aliphatic rings. The molecule has 172 valence electrons. The predicted molar refractivity (Wildman–Crippen MR) is 116 cm³/mol. The zero-order chi connectivity index (χ0) is 23.6. The second-order valence-electron chi connectivity index (χ2n) is 6.62. The lowest BCUT2D eigenvalue weighted by molar-refractivity contribution is -0.118. The third-order valence-corrected chi connectivity index (χ3v) is 4.30. The van der Waals surface area contributed by atoms with Crippen molar-refractivity contribution in [1.82, 2.24) is 0 Å². The highest BCUT2D eigenvalue weighted by Crippen LogP contribution is 2.28. The number of ether oxygens (including phenoxy) is 4. The van der Waals surface area contributed by atoms with E-state index in [2.05, 4.69) is 5.32 Å². The second kappa shape index (κ2) is 11.5. The minimum atomic E-state index is -0.633. The van der Waals surface area contributed by atoms with Crippen molar-refractivity contribution >= 4 is 17.6 Å². The van der Waals surface area contributed by atoms with Crippen molar-refractivity contribution in [3.63, 3.8) is 0 Å². The highest BCUT2D eigenvalue weighted by Gasteiger charge is 2.14. The summed E-state index contributed by atoms with van der Waals surface area (Å²) in [6.07, 6.45) is 0. The molecule has 0 fully saturated rings. The first-order valence-electron chi connectivity index (χ1n) is 9.87. The Bertz CT molecular complexity index is 1100. The van der Waals surface area contributed by atoms with Gasteiger partial charge in [-0.25, -0.2) is 13.6 Å². The molecule has 0 aromatic heterocycles. The van der Waals surface area contributed by atoms with Crippen molar-refractivity contribution in [2.24, 2.45) is 0 Å². The van der Waals surface area contributed by atoms with Crippen molar-refractivity contribution in [3.05, 3.63) is 83.9 Å². The van der Waals surface area contributed by atoms with E-state index in [1.54, 1.807) is 12.1 Å². The van der Waals surface area contributed by atoms with Gasteiger partial charge in [-0.05, 0) is 54.6 Å². The molecule has 1 N–H and O–H groups in total. The van der Waals surface area contributed by atoms with Gasteiger partial charge in [0, 0.05) is 5.69 Å². The van der Waals surface area contributed by atoms with Gasteiger partial charge in [0.1, 0.15) is 19.0 Å². The van der Waals surface area contributed by atoms with Gasteiger partial charge in [0.15, 0.2) is 29.7 Å². The lowest BCUT2D eigenvalue weighted by atomic mass is 10.2. The van der Waals surface area contributed by atoms with Gasteiger partial charge in [-0.1, -0.05) is 12.1 Å². The van der Waals surface area contributed by atoms with Crippen molar-refractivity contribution in [1.29, 1.82) is 0 Å². The number of hydrogen-bond acceptors (Lipinski definition) is 6. The summed E-state index contributed by atoms with van der Waals surface area (Å²) in [5.41, 5.74) is 0.620. The van der Waals surface area contributed by atoms with Gasteiger partial charge in [-0.2, -0.15) is 0 Å². The van der Waals surface area contributed by atoms with Crippen LogP contribution in [0.25, 0.3) is 0 Å². The molecule has 0 heterocycles. The zero-order valence-electron chi connectivity index (χ0n) is 17.7. The van der Waals surface area contributed by atoms with E-state index in [9.17, 15) is 18.4 Å². The zero-order valence-corrected chi connectivity index (χ0v) is 17.7. The SMILES string of the molecule is COc1cc(C(=O)OCCOc2ccccc2F)ccc1OCC(=O)Nc1ccc(F)cc1. The van der Waals surface area contributed by atoms with Crippen LogP contribution in [-0.4, -0.2) is 38.8 Å². The number of rotatable bonds is 10. The third kappa shape index (κ3) is 6.93. The molecule has 0 bridgehead atoms. The molecule has 9 heteroatoms. The summed E-state index contributed by atoms with van der Waals surface area (Å²) in [6, 6.07) is 15.6. The molecular formula is C24H21F2NO6. The molecule has 0 aliphatic heterocycles. The summed E-state index contributed by atoms with van der Waals surface area (Å²) in [4.78, 5) is 24.3. The molecule has 0 saturated carbocycles. The van der Waals surface area contributed by atoms with Crippen LogP contribution in [0.2, 0.25) is 0 Å². The second-order valence-corrected chi connectivity index (χ2v) is 6.62. The number of carbonyl (C=O) groups excluding carboxylic acids is 2. The fourth-order valence-corrected chi connectivity index (χ4v) is 2.72. The van der Waals surface area contributed by atoms with Crippen molar-refractivity contribution in [2.75, 3.05) is 32.2 Å². The van der Waals surface area contributed by atoms with E-state index in [-0.39, 0.29) is 42.6 Å². The number of esters is 1. The molecule has 3 aromatic rings. The Labute approximate surface area is 188 Å². The lowest BCUT2D eigenvalue weighted by Gasteiger charge is -2.12. The maximum atomic E-state index is 13.5. The van der Waals surface area contributed by atoms with Gasteiger partial charge in [-0.3, -0.25) is 4.79 Å².